The van der Waals surface area contributed by atoms with Crippen molar-refractivity contribution in [2.24, 2.45) is 5.73 Å². The molecule has 2 heterocycles. The van der Waals surface area contributed by atoms with Crippen LogP contribution in [0.25, 0.3) is 11.0 Å². The van der Waals surface area contributed by atoms with Crippen LogP contribution < -0.4 is 10.5 Å². The topological polar surface area (TPSA) is 95.0 Å². The molecule has 128 valence electrons. The Morgan fingerprint density at radius 2 is 2.17 bits per heavy atom. The maximum absolute atomic E-state index is 12.7. The van der Waals surface area contributed by atoms with Gasteiger partial charge in [-0.3, -0.25) is 9.59 Å². The predicted octanol–water partition coefficient (Wildman–Crippen LogP) is 1.09. The lowest BCUT2D eigenvalue weighted by Gasteiger charge is -2.21. The Balaban J connectivity index is 1.80. The Morgan fingerprint density at radius 1 is 1.38 bits per heavy atom. The third-order valence-electron chi connectivity index (χ3n) is 4.45. The zero-order valence-corrected chi connectivity index (χ0v) is 13.7. The van der Waals surface area contributed by atoms with Crippen LogP contribution in [0.5, 0.6) is 5.75 Å². The minimum absolute atomic E-state index is 0.138. The molecule has 0 saturated carbocycles. The number of amides is 2. The van der Waals surface area contributed by atoms with Crippen LogP contribution in [0.15, 0.2) is 28.9 Å². The highest BCUT2D eigenvalue weighted by Gasteiger charge is 2.38. The fourth-order valence-corrected chi connectivity index (χ4v) is 3.11. The van der Waals surface area contributed by atoms with E-state index < -0.39 is 11.9 Å². The summed E-state index contributed by atoms with van der Waals surface area (Å²) < 4.78 is 15.9. The molecular weight excluding hydrogens is 312 g/mol. The molecule has 1 aromatic heterocycles. The second-order valence-electron chi connectivity index (χ2n) is 5.86. The van der Waals surface area contributed by atoms with Crippen molar-refractivity contribution in [2.75, 3.05) is 20.8 Å². The average molecular weight is 332 g/mol. The molecule has 0 radical (unpaired) electrons. The summed E-state index contributed by atoms with van der Waals surface area (Å²) in [5.41, 5.74) is 6.84. The molecule has 0 aliphatic carbocycles. The maximum atomic E-state index is 12.7. The zero-order valence-electron chi connectivity index (χ0n) is 13.7. The monoisotopic (exact) mass is 332 g/mol. The van der Waals surface area contributed by atoms with Crippen molar-refractivity contribution in [3.8, 4) is 5.75 Å². The molecule has 2 atom stereocenters. The van der Waals surface area contributed by atoms with Gasteiger partial charge >= 0.3 is 0 Å². The van der Waals surface area contributed by atoms with E-state index in [1.807, 2.05) is 12.1 Å². The highest BCUT2D eigenvalue weighted by atomic mass is 16.5. The number of primary amides is 1. The molecule has 1 aliphatic rings. The highest BCUT2D eigenvalue weighted by molar-refractivity contribution is 5.91. The summed E-state index contributed by atoms with van der Waals surface area (Å²) in [5, 5.41) is 0.849. The molecule has 3 rings (SSSR count). The summed E-state index contributed by atoms with van der Waals surface area (Å²) in [6, 6.07) is 4.82. The van der Waals surface area contributed by atoms with Crippen LogP contribution in [0.1, 0.15) is 12.0 Å². The van der Waals surface area contributed by atoms with Crippen LogP contribution in [0.3, 0.4) is 0 Å². The van der Waals surface area contributed by atoms with E-state index >= 15 is 0 Å². The van der Waals surface area contributed by atoms with Gasteiger partial charge < -0.3 is 24.5 Å². The first kappa shape index (κ1) is 16.3. The summed E-state index contributed by atoms with van der Waals surface area (Å²) in [4.78, 5) is 25.8. The lowest BCUT2D eigenvalue weighted by Crippen LogP contribution is -2.44. The lowest BCUT2D eigenvalue weighted by atomic mass is 10.1. The van der Waals surface area contributed by atoms with Gasteiger partial charge in [0.05, 0.1) is 25.9 Å². The van der Waals surface area contributed by atoms with Crippen LogP contribution in [0.4, 0.5) is 0 Å². The van der Waals surface area contributed by atoms with Gasteiger partial charge in [-0.1, -0.05) is 0 Å². The number of fused-ring (bicyclic) bond motifs is 1. The lowest BCUT2D eigenvalue weighted by molar-refractivity contribution is -0.136. The van der Waals surface area contributed by atoms with E-state index in [1.165, 1.54) is 4.90 Å². The Kier molecular flexibility index (Phi) is 4.44. The molecule has 1 fully saturated rings. The third kappa shape index (κ3) is 2.94. The van der Waals surface area contributed by atoms with Crippen LogP contribution >= 0.6 is 0 Å². The van der Waals surface area contributed by atoms with Crippen molar-refractivity contribution in [2.45, 2.75) is 25.0 Å². The van der Waals surface area contributed by atoms with Gasteiger partial charge in [-0.05, 0) is 12.1 Å². The predicted molar refractivity (Wildman–Crippen MR) is 86.6 cm³/mol. The maximum Gasteiger partial charge on any atom is 0.240 e. The van der Waals surface area contributed by atoms with Crippen LogP contribution in [0, 0.1) is 0 Å². The molecular formula is C17H20N2O5. The summed E-state index contributed by atoms with van der Waals surface area (Å²) in [7, 11) is 3.14. The van der Waals surface area contributed by atoms with Crippen molar-refractivity contribution in [1.29, 1.82) is 0 Å². The Hall–Kier alpha value is -2.54. The number of nitrogens with two attached hydrogens (primary N) is 1. The summed E-state index contributed by atoms with van der Waals surface area (Å²) in [6.45, 7) is 0.368. The van der Waals surface area contributed by atoms with E-state index in [9.17, 15) is 9.59 Å². The van der Waals surface area contributed by atoms with Crippen LogP contribution in [-0.2, 0) is 20.7 Å². The van der Waals surface area contributed by atoms with Gasteiger partial charge in [0.1, 0.15) is 17.4 Å². The van der Waals surface area contributed by atoms with Crippen molar-refractivity contribution >= 4 is 22.8 Å². The molecule has 2 amide bonds. The molecule has 2 aromatic rings. The van der Waals surface area contributed by atoms with Gasteiger partial charge in [0.15, 0.2) is 0 Å². The number of ether oxygens (including phenoxy) is 2. The number of nitrogens with zero attached hydrogens (tertiary/aromatic N) is 1. The second kappa shape index (κ2) is 6.52. The van der Waals surface area contributed by atoms with Crippen molar-refractivity contribution in [1.82, 2.24) is 4.90 Å². The number of hydrogen-bond donors (Lipinski definition) is 1. The Bertz CT molecular complexity index is 769. The van der Waals surface area contributed by atoms with Crippen LogP contribution in [-0.4, -0.2) is 49.6 Å². The molecule has 1 saturated heterocycles. The number of rotatable bonds is 5. The average Bonchev–Trinajstić information content (AvgIpc) is 3.18. The Morgan fingerprint density at radius 3 is 2.83 bits per heavy atom. The Labute approximate surface area is 139 Å². The first-order valence-electron chi connectivity index (χ1n) is 7.69. The minimum Gasteiger partial charge on any atom is -0.497 e. The van der Waals surface area contributed by atoms with Crippen molar-refractivity contribution < 1.29 is 23.5 Å². The van der Waals surface area contributed by atoms with E-state index in [1.54, 1.807) is 26.5 Å². The number of hydrogen-bond acceptors (Lipinski definition) is 5. The molecule has 0 bridgehead atoms. The molecule has 0 unspecified atom stereocenters. The van der Waals surface area contributed by atoms with Gasteiger partial charge in [-0.2, -0.15) is 0 Å². The highest BCUT2D eigenvalue weighted by Crippen LogP contribution is 2.27. The van der Waals surface area contributed by atoms with Gasteiger partial charge in [0, 0.05) is 37.1 Å². The third-order valence-corrected chi connectivity index (χ3v) is 4.45. The molecule has 1 aromatic carbocycles. The largest absolute Gasteiger partial charge is 0.497 e. The normalized spacial score (nSPS) is 20.5. The number of methoxy groups -OCH3 is 2. The van der Waals surface area contributed by atoms with E-state index in [4.69, 9.17) is 19.6 Å². The first-order chi connectivity index (χ1) is 11.5. The first-order valence-corrected chi connectivity index (χ1v) is 7.69. The summed E-state index contributed by atoms with van der Waals surface area (Å²) in [6.07, 6.45) is 1.96. The number of furan rings is 1. The van der Waals surface area contributed by atoms with Crippen LogP contribution in [0.2, 0.25) is 0 Å². The molecule has 2 N–H and O–H groups in total. The zero-order chi connectivity index (χ0) is 17.3. The number of carbonyl (C=O) groups excluding carboxylic acids is 2. The minimum atomic E-state index is -0.624. The molecule has 0 spiro atoms. The molecule has 1 aliphatic heterocycles. The summed E-state index contributed by atoms with van der Waals surface area (Å²) in [5.74, 6) is 0.00699. The van der Waals surface area contributed by atoms with Crippen molar-refractivity contribution in [3.05, 3.63) is 30.0 Å². The van der Waals surface area contributed by atoms with Gasteiger partial charge in [-0.15, -0.1) is 0 Å². The molecule has 7 heteroatoms. The standard InChI is InChI=1S/C17H20N2O5/c1-22-11-3-4-13-10(9-24-15(13)7-11)5-16(20)19-8-12(23-2)6-14(19)17(18)21/h3-4,7,9,12,14H,5-6,8H2,1-2H3,(H2,18,21)/t12-,14-/m0/s1. The van der Waals surface area contributed by atoms with E-state index in [2.05, 4.69) is 0 Å². The van der Waals surface area contributed by atoms with Gasteiger partial charge in [-0.25, -0.2) is 0 Å². The van der Waals surface area contributed by atoms with E-state index in [0.717, 1.165) is 10.9 Å². The van der Waals surface area contributed by atoms with E-state index in [-0.39, 0.29) is 18.4 Å². The second-order valence-corrected chi connectivity index (χ2v) is 5.86. The summed E-state index contributed by atoms with van der Waals surface area (Å²) >= 11 is 0. The van der Waals surface area contributed by atoms with E-state index in [0.29, 0.717) is 24.3 Å². The SMILES string of the molecule is COc1ccc2c(CC(=O)N3C[C@@H](OC)C[C@H]3C(N)=O)coc2c1. The van der Waals surface area contributed by atoms with Crippen molar-refractivity contribution in [3.63, 3.8) is 0 Å². The molecule has 7 nitrogen and oxygen atoms in total. The number of carbonyl (C=O) groups is 2. The fourth-order valence-electron chi connectivity index (χ4n) is 3.11. The smallest absolute Gasteiger partial charge is 0.240 e. The van der Waals surface area contributed by atoms with Gasteiger partial charge in [0.2, 0.25) is 11.8 Å². The molecule has 24 heavy (non-hydrogen) atoms. The quantitative estimate of drug-likeness (QED) is 0.884. The number of likely N-dealkylation sites (tertiary alicyclic amines) is 1. The van der Waals surface area contributed by atoms with Gasteiger partial charge in [0.25, 0.3) is 0 Å². The number of benzene rings is 1. The fraction of sp³-hybridized carbons (Fsp3) is 0.412.